The molecule has 2 amide bonds. The summed E-state index contributed by atoms with van der Waals surface area (Å²) in [6, 6.07) is 18.0. The lowest BCUT2D eigenvalue weighted by Gasteiger charge is -2.18. The number of alkyl carbamates (subject to hydrolysis) is 1. The average molecular weight is 449 g/mol. The number of anilines is 1. The molecule has 0 aliphatic rings. The second-order valence-electron chi connectivity index (χ2n) is 7.00. The lowest BCUT2D eigenvalue weighted by molar-refractivity contribution is -0.148. The van der Waals surface area contributed by atoms with Crippen molar-refractivity contribution < 1.29 is 29.0 Å². The Morgan fingerprint density at radius 1 is 0.879 bits per heavy atom. The highest BCUT2D eigenvalue weighted by Crippen LogP contribution is 2.20. The molecule has 1 heterocycles. The summed E-state index contributed by atoms with van der Waals surface area (Å²) in [4.78, 5) is 41.2. The van der Waals surface area contributed by atoms with Crippen molar-refractivity contribution in [2.24, 2.45) is 0 Å². The number of hydrogen-bond donors (Lipinski definition) is 3. The van der Waals surface area contributed by atoms with Crippen LogP contribution in [0.5, 0.6) is 5.75 Å². The molecule has 0 saturated carbocycles. The summed E-state index contributed by atoms with van der Waals surface area (Å²) in [5.74, 6) is -1.62. The standard InChI is InChI=1S/C24H23N3O6/c28-21-11-12-25-14-20(21)26-22(29)13-19(23(30)32-15-17-7-3-1-4-8-17)27-24(31)33-16-18-9-5-2-6-10-18/h1-12,14,19H,13,15-16H2,(H,25,28)(H,26,29)(H,27,31)/t19-/m0/s1. The van der Waals surface area contributed by atoms with Crippen LogP contribution >= 0.6 is 0 Å². The number of carbonyl (C=O) groups is 3. The Kier molecular flexibility index (Phi) is 8.35. The highest BCUT2D eigenvalue weighted by atomic mass is 16.6. The maximum absolute atomic E-state index is 12.6. The number of aromatic hydroxyl groups is 1. The first-order chi connectivity index (χ1) is 16.0. The number of esters is 1. The first kappa shape index (κ1) is 23.3. The lowest BCUT2D eigenvalue weighted by Crippen LogP contribution is -2.44. The molecule has 3 rings (SSSR count). The number of ether oxygens (including phenoxy) is 2. The highest BCUT2D eigenvalue weighted by molar-refractivity contribution is 5.96. The maximum atomic E-state index is 12.6. The molecular weight excluding hydrogens is 426 g/mol. The molecule has 0 spiro atoms. The number of pyridine rings is 1. The molecule has 1 atom stereocenters. The minimum Gasteiger partial charge on any atom is -0.506 e. The summed E-state index contributed by atoms with van der Waals surface area (Å²) in [7, 11) is 0. The van der Waals surface area contributed by atoms with Crippen LogP contribution in [0.4, 0.5) is 10.5 Å². The van der Waals surface area contributed by atoms with Crippen molar-refractivity contribution >= 4 is 23.7 Å². The van der Waals surface area contributed by atoms with E-state index < -0.39 is 30.4 Å². The van der Waals surface area contributed by atoms with Crippen LogP contribution in [-0.4, -0.2) is 34.1 Å². The monoisotopic (exact) mass is 449 g/mol. The van der Waals surface area contributed by atoms with E-state index in [0.717, 1.165) is 11.1 Å². The molecule has 2 aromatic carbocycles. The third kappa shape index (κ3) is 7.66. The van der Waals surface area contributed by atoms with Gasteiger partial charge < -0.3 is 25.2 Å². The Bertz CT molecular complexity index is 1080. The van der Waals surface area contributed by atoms with Crippen LogP contribution in [0.25, 0.3) is 0 Å². The second kappa shape index (κ2) is 11.8. The van der Waals surface area contributed by atoms with Crippen molar-refractivity contribution in [3.05, 3.63) is 90.3 Å². The summed E-state index contributed by atoms with van der Waals surface area (Å²) in [6.45, 7) is -0.0316. The third-order valence-electron chi connectivity index (χ3n) is 4.47. The Morgan fingerprint density at radius 3 is 2.09 bits per heavy atom. The van der Waals surface area contributed by atoms with E-state index in [4.69, 9.17) is 9.47 Å². The normalized spacial score (nSPS) is 11.2. The van der Waals surface area contributed by atoms with Gasteiger partial charge in [-0.1, -0.05) is 60.7 Å². The molecule has 0 fully saturated rings. The number of aromatic nitrogens is 1. The summed E-state index contributed by atoms with van der Waals surface area (Å²) >= 11 is 0. The van der Waals surface area contributed by atoms with Gasteiger partial charge in [-0.25, -0.2) is 9.59 Å². The molecule has 0 unspecified atom stereocenters. The zero-order valence-electron chi connectivity index (χ0n) is 17.6. The van der Waals surface area contributed by atoms with Crippen molar-refractivity contribution in [2.45, 2.75) is 25.7 Å². The van der Waals surface area contributed by atoms with Gasteiger partial charge in [0, 0.05) is 12.3 Å². The number of hydrogen-bond acceptors (Lipinski definition) is 7. The van der Waals surface area contributed by atoms with Crippen molar-refractivity contribution in [1.82, 2.24) is 10.3 Å². The van der Waals surface area contributed by atoms with Gasteiger partial charge in [0.1, 0.15) is 30.7 Å². The molecule has 9 nitrogen and oxygen atoms in total. The van der Waals surface area contributed by atoms with E-state index in [1.54, 1.807) is 48.5 Å². The molecule has 0 aliphatic heterocycles. The number of benzene rings is 2. The summed E-state index contributed by atoms with van der Waals surface area (Å²) in [5.41, 5.74) is 1.59. The lowest BCUT2D eigenvalue weighted by atomic mass is 10.2. The molecule has 0 bridgehead atoms. The van der Waals surface area contributed by atoms with Gasteiger partial charge in [0.25, 0.3) is 0 Å². The highest BCUT2D eigenvalue weighted by Gasteiger charge is 2.26. The molecule has 33 heavy (non-hydrogen) atoms. The average Bonchev–Trinajstić information content (AvgIpc) is 2.83. The van der Waals surface area contributed by atoms with Gasteiger partial charge in [-0.3, -0.25) is 9.78 Å². The Morgan fingerprint density at radius 2 is 1.48 bits per heavy atom. The van der Waals surface area contributed by atoms with Crippen molar-refractivity contribution in [3.8, 4) is 5.75 Å². The molecule has 9 heteroatoms. The van der Waals surface area contributed by atoms with Crippen LogP contribution < -0.4 is 10.6 Å². The van der Waals surface area contributed by atoms with E-state index in [1.807, 2.05) is 12.1 Å². The van der Waals surface area contributed by atoms with Gasteiger partial charge in [0.05, 0.1) is 12.6 Å². The minimum absolute atomic E-state index is 0.00574. The molecule has 170 valence electrons. The number of nitrogens with one attached hydrogen (secondary N) is 2. The topological polar surface area (TPSA) is 127 Å². The van der Waals surface area contributed by atoms with Crippen LogP contribution in [0, 0.1) is 0 Å². The quantitative estimate of drug-likeness (QED) is 0.428. The number of carbonyl (C=O) groups excluding carboxylic acids is 3. The minimum atomic E-state index is -1.31. The van der Waals surface area contributed by atoms with Gasteiger partial charge in [0.2, 0.25) is 5.91 Å². The molecule has 0 saturated heterocycles. The van der Waals surface area contributed by atoms with E-state index in [-0.39, 0.29) is 24.7 Å². The fourth-order valence-corrected chi connectivity index (χ4v) is 2.80. The summed E-state index contributed by atoms with van der Waals surface area (Å²) < 4.78 is 10.4. The van der Waals surface area contributed by atoms with Crippen LogP contribution in [0.2, 0.25) is 0 Å². The van der Waals surface area contributed by atoms with Crippen molar-refractivity contribution in [1.29, 1.82) is 0 Å². The second-order valence-corrected chi connectivity index (χ2v) is 7.00. The zero-order chi connectivity index (χ0) is 23.5. The zero-order valence-corrected chi connectivity index (χ0v) is 17.6. The van der Waals surface area contributed by atoms with E-state index >= 15 is 0 Å². The van der Waals surface area contributed by atoms with Crippen molar-refractivity contribution in [2.75, 3.05) is 5.32 Å². The largest absolute Gasteiger partial charge is 0.506 e. The van der Waals surface area contributed by atoms with E-state index in [0.29, 0.717) is 0 Å². The van der Waals surface area contributed by atoms with Crippen LogP contribution in [0.3, 0.4) is 0 Å². The van der Waals surface area contributed by atoms with Gasteiger partial charge in [0.15, 0.2) is 0 Å². The Labute approximate surface area is 190 Å². The van der Waals surface area contributed by atoms with E-state index in [2.05, 4.69) is 15.6 Å². The number of amides is 2. The summed E-state index contributed by atoms with van der Waals surface area (Å²) in [6.07, 6.45) is 1.30. The molecule has 0 radical (unpaired) electrons. The van der Waals surface area contributed by atoms with Crippen LogP contribution in [0.1, 0.15) is 17.5 Å². The van der Waals surface area contributed by atoms with Gasteiger partial charge in [-0.05, 0) is 11.1 Å². The first-order valence-corrected chi connectivity index (χ1v) is 10.1. The Hall–Kier alpha value is -4.40. The van der Waals surface area contributed by atoms with Crippen LogP contribution in [0.15, 0.2) is 79.1 Å². The smallest absolute Gasteiger partial charge is 0.408 e. The predicted octanol–water partition coefficient (Wildman–Crippen LogP) is 3.15. The van der Waals surface area contributed by atoms with Gasteiger partial charge in [-0.15, -0.1) is 0 Å². The SMILES string of the molecule is O=C(C[C@H](NC(=O)OCc1ccccc1)C(=O)OCc1ccccc1)Nc1cnccc1O. The molecule has 1 aromatic heterocycles. The fraction of sp³-hybridized carbons (Fsp3) is 0.167. The van der Waals surface area contributed by atoms with Gasteiger partial charge >= 0.3 is 12.1 Å². The number of nitrogens with zero attached hydrogens (tertiary/aromatic N) is 1. The molecule has 3 N–H and O–H groups in total. The first-order valence-electron chi connectivity index (χ1n) is 10.1. The molecule has 3 aromatic rings. The predicted molar refractivity (Wildman–Crippen MR) is 119 cm³/mol. The summed E-state index contributed by atoms with van der Waals surface area (Å²) in [5, 5.41) is 14.6. The van der Waals surface area contributed by atoms with Crippen LogP contribution in [-0.2, 0) is 32.3 Å². The Balaban J connectivity index is 1.62. The number of rotatable bonds is 9. The third-order valence-corrected chi connectivity index (χ3v) is 4.47. The van der Waals surface area contributed by atoms with Gasteiger partial charge in [-0.2, -0.15) is 0 Å². The molecular formula is C24H23N3O6. The maximum Gasteiger partial charge on any atom is 0.408 e. The molecule has 0 aliphatic carbocycles. The van der Waals surface area contributed by atoms with Crippen molar-refractivity contribution in [3.63, 3.8) is 0 Å². The van der Waals surface area contributed by atoms with E-state index in [9.17, 15) is 19.5 Å². The van der Waals surface area contributed by atoms with E-state index in [1.165, 1.54) is 18.5 Å². The fourth-order valence-electron chi connectivity index (χ4n) is 2.80.